The third kappa shape index (κ3) is 2.52. The minimum atomic E-state index is -4.81. The molecule has 0 saturated carbocycles. The van der Waals surface area contributed by atoms with E-state index in [1.807, 2.05) is 0 Å². The third-order valence-corrected chi connectivity index (χ3v) is 3.31. The molecule has 0 aliphatic carbocycles. The first-order chi connectivity index (χ1) is 6.23. The van der Waals surface area contributed by atoms with Crippen LogP contribution in [0, 0.1) is 4.94 Å². The van der Waals surface area contributed by atoms with Gasteiger partial charge in [0.1, 0.15) is 6.26 Å². The predicted molar refractivity (Wildman–Crippen MR) is 45.0 cm³/mol. The van der Waals surface area contributed by atoms with Crippen LogP contribution in [0.25, 0.3) is 0 Å². The summed E-state index contributed by atoms with van der Waals surface area (Å²) >= 11 is 0. The van der Waals surface area contributed by atoms with Gasteiger partial charge in [0.25, 0.3) is 7.57 Å². The monoisotopic (exact) mass is 243 g/mol. The van der Waals surface area contributed by atoms with Crippen molar-refractivity contribution < 1.29 is 33.6 Å². The molecule has 1 heterocycles. The Kier molecular flexibility index (Phi) is 2.99. The molecule has 0 spiro atoms. The zero-order chi connectivity index (χ0) is 11.0. The Morgan fingerprint density at radius 2 is 1.79 bits per heavy atom. The van der Waals surface area contributed by atoms with Crippen LogP contribution in [0.4, 0.5) is 0 Å². The van der Waals surface area contributed by atoms with Crippen LogP contribution in [-0.4, -0.2) is 29.6 Å². The third-order valence-electron chi connectivity index (χ3n) is 1.25. The van der Waals surface area contributed by atoms with Crippen LogP contribution in [0.3, 0.4) is 0 Å². The summed E-state index contributed by atoms with van der Waals surface area (Å²) in [6.45, 7) is 0. The molecule has 0 aliphatic heterocycles. The Hall–Kier alpha value is -0.460. The minimum Gasteiger partial charge on any atom is -0.364 e. The predicted octanol–water partition coefficient (Wildman–Crippen LogP) is -1.25. The van der Waals surface area contributed by atoms with Gasteiger partial charge < -0.3 is 29.0 Å². The van der Waals surface area contributed by atoms with Crippen molar-refractivity contribution in [2.24, 2.45) is 0 Å². The molecule has 1 rings (SSSR count). The smallest absolute Gasteiger partial charge is 0.364 e. The van der Waals surface area contributed by atoms with Crippen LogP contribution < -0.4 is 5.44 Å². The van der Waals surface area contributed by atoms with E-state index in [1.54, 1.807) is 0 Å². The molecule has 0 unspecified atom stereocenters. The highest BCUT2D eigenvalue weighted by atomic mass is 31.2. The quantitative estimate of drug-likeness (QED) is 0.384. The van der Waals surface area contributed by atoms with Gasteiger partial charge in [-0.2, -0.15) is 0 Å². The molecule has 0 fully saturated rings. The van der Waals surface area contributed by atoms with Crippen LogP contribution in [0.5, 0.6) is 0 Å². The standard InChI is InChI=1S/C4H7NO7P2/c6-13(7,8)3-1-2-12-5-4(3)14(9,10)11/h1-2,6-8H,(H2,9,10,11). The van der Waals surface area contributed by atoms with E-state index in [9.17, 15) is 4.57 Å². The molecule has 0 aliphatic rings. The Morgan fingerprint density at radius 1 is 1.21 bits per heavy atom. The fraction of sp³-hybridized carbons (Fsp3) is 0. The second-order valence-electron chi connectivity index (χ2n) is 2.32. The lowest BCUT2D eigenvalue weighted by atomic mass is 10.6. The molecule has 0 bridgehead atoms. The molecule has 8 nitrogen and oxygen atoms in total. The van der Waals surface area contributed by atoms with Crippen LogP contribution in [0.1, 0.15) is 0 Å². The lowest BCUT2D eigenvalue weighted by Crippen LogP contribution is -2.11. The van der Waals surface area contributed by atoms with E-state index in [-0.39, 0.29) is 0 Å². The van der Waals surface area contributed by atoms with Crippen molar-refractivity contribution >= 4 is 20.6 Å². The minimum absolute atomic E-state index is 0.725. The summed E-state index contributed by atoms with van der Waals surface area (Å²) in [5, 5.41) is 2.93. The summed E-state index contributed by atoms with van der Waals surface area (Å²) in [5.41, 5.74) is -0.985. The molecule has 1 aromatic rings. The van der Waals surface area contributed by atoms with Gasteiger partial charge in [-0.15, -0.1) is 0 Å². The summed E-state index contributed by atoms with van der Waals surface area (Å²) in [5.74, 6) is 0. The fourth-order valence-corrected chi connectivity index (χ4v) is 2.62. The van der Waals surface area contributed by atoms with E-state index in [2.05, 4.69) is 9.68 Å². The summed E-state index contributed by atoms with van der Waals surface area (Å²) in [6, 6.07) is 0.829. The summed E-state index contributed by atoms with van der Waals surface area (Å²) in [4.78, 5) is 43.2. The van der Waals surface area contributed by atoms with Crippen molar-refractivity contribution in [2.75, 3.05) is 0 Å². The second kappa shape index (κ2) is 3.60. The highest BCUT2D eigenvalue weighted by Gasteiger charge is 2.25. The van der Waals surface area contributed by atoms with Gasteiger partial charge in [0.05, 0.1) is 4.94 Å². The van der Waals surface area contributed by atoms with Gasteiger partial charge in [-0.25, -0.2) is 0 Å². The van der Waals surface area contributed by atoms with Gasteiger partial charge in [0.2, 0.25) is 5.44 Å². The number of aromatic nitrogens is 1. The number of nitrogens with zero attached hydrogens (tertiary/aromatic N) is 1. The molecule has 80 valence electrons. The van der Waals surface area contributed by atoms with Crippen LogP contribution in [0.2, 0.25) is 0 Å². The number of hydrogen-bond donors (Lipinski definition) is 5. The van der Waals surface area contributed by atoms with Crippen molar-refractivity contribution in [1.82, 2.24) is 5.16 Å². The first kappa shape index (κ1) is 11.6. The highest BCUT2D eigenvalue weighted by Crippen LogP contribution is 2.40. The molecule has 0 atom stereocenters. The maximum absolute atomic E-state index is 10.8. The Morgan fingerprint density at radius 3 is 2.14 bits per heavy atom. The van der Waals surface area contributed by atoms with Gasteiger partial charge in [0, 0.05) is 0 Å². The van der Waals surface area contributed by atoms with Gasteiger partial charge in [0.15, 0.2) is 0 Å². The molecule has 10 heteroatoms. The summed E-state index contributed by atoms with van der Waals surface area (Å²) in [6.07, 6.45) is 0.853. The molecule has 0 saturated heterocycles. The van der Waals surface area contributed by atoms with Crippen molar-refractivity contribution in [3.8, 4) is 0 Å². The number of rotatable bonds is 1. The van der Waals surface area contributed by atoms with E-state index in [4.69, 9.17) is 24.5 Å². The topological polar surface area (TPSA) is 144 Å². The molecule has 14 heavy (non-hydrogen) atoms. The lowest BCUT2D eigenvalue weighted by Gasteiger charge is -2.06. The van der Waals surface area contributed by atoms with Crippen LogP contribution in [-0.2, 0) is 4.57 Å². The van der Waals surface area contributed by atoms with Crippen LogP contribution in [0.15, 0.2) is 16.9 Å². The average Bonchev–Trinajstić information content (AvgIpc) is 2.01. The molecule has 5 N–H and O–H groups in total. The fourth-order valence-electron chi connectivity index (χ4n) is 0.733. The zero-order valence-electron chi connectivity index (χ0n) is 6.55. The van der Waals surface area contributed by atoms with Crippen molar-refractivity contribution in [3.63, 3.8) is 0 Å². The Balaban J connectivity index is 3.74. The second-order valence-corrected chi connectivity index (χ2v) is 5.45. The SMILES string of the molecule is O=P(O)(O)c1noccc1=P(O)(O)O. The lowest BCUT2D eigenvalue weighted by molar-refractivity contribution is 0.348. The highest BCUT2D eigenvalue weighted by molar-refractivity contribution is 7.61. The Bertz CT molecular complexity index is 458. The largest absolute Gasteiger partial charge is 0.378 e. The van der Waals surface area contributed by atoms with Crippen molar-refractivity contribution in [3.05, 3.63) is 17.3 Å². The first-order valence-electron chi connectivity index (χ1n) is 3.14. The van der Waals surface area contributed by atoms with Gasteiger partial charge in [-0.3, -0.25) is 4.57 Å². The van der Waals surface area contributed by atoms with E-state index in [0.717, 1.165) is 12.3 Å². The van der Waals surface area contributed by atoms with Gasteiger partial charge in [-0.1, -0.05) is 5.16 Å². The Labute approximate surface area is 77.4 Å². The first-order valence-corrected chi connectivity index (χ1v) is 6.40. The zero-order valence-corrected chi connectivity index (χ0v) is 8.34. The summed E-state index contributed by atoms with van der Waals surface area (Å²) in [7, 11) is -9.33. The normalized spacial score (nSPS) is 12.9. The van der Waals surface area contributed by atoms with Crippen LogP contribution >= 0.6 is 15.2 Å². The maximum Gasteiger partial charge on any atom is 0.378 e. The van der Waals surface area contributed by atoms with E-state index in [0.29, 0.717) is 0 Å². The molecular formula is C4H7NO7P2. The number of hydrogen-bond acceptors (Lipinski definition) is 6. The van der Waals surface area contributed by atoms with Crippen molar-refractivity contribution in [2.45, 2.75) is 0 Å². The summed E-state index contributed by atoms with van der Waals surface area (Å²) < 4.78 is 15.0. The molecule has 0 radical (unpaired) electrons. The molecule has 0 amide bonds. The molecule has 0 aromatic carbocycles. The average molecular weight is 243 g/mol. The molecule has 1 aromatic heterocycles. The maximum atomic E-state index is 10.8. The van der Waals surface area contributed by atoms with Gasteiger partial charge in [-0.05, 0) is 6.07 Å². The van der Waals surface area contributed by atoms with E-state index >= 15 is 0 Å². The van der Waals surface area contributed by atoms with Gasteiger partial charge >= 0.3 is 7.60 Å². The van der Waals surface area contributed by atoms with E-state index < -0.39 is 25.5 Å². The van der Waals surface area contributed by atoms with Crippen molar-refractivity contribution in [1.29, 1.82) is 0 Å². The molecular weight excluding hydrogens is 236 g/mol. The van der Waals surface area contributed by atoms with E-state index in [1.165, 1.54) is 0 Å².